The molecule has 1 heterocycles. The molecule has 1 aromatic heterocycles. The van der Waals surface area contributed by atoms with Crippen LogP contribution in [-0.4, -0.2) is 9.78 Å². The van der Waals surface area contributed by atoms with Crippen molar-refractivity contribution in [3.05, 3.63) is 35.0 Å². The van der Waals surface area contributed by atoms with Gasteiger partial charge in [-0.15, -0.1) is 0 Å². The van der Waals surface area contributed by atoms with Gasteiger partial charge in [0.2, 0.25) is 0 Å². The molecule has 2 rings (SSSR count). The van der Waals surface area contributed by atoms with Crippen LogP contribution in [0.25, 0.3) is 0 Å². The second-order valence-corrected chi connectivity index (χ2v) is 4.54. The quantitative estimate of drug-likeness (QED) is 0.671. The number of hydrogen-bond acceptors (Lipinski definition) is 3. The number of benzene rings is 1. The zero-order valence-corrected chi connectivity index (χ0v) is 11.5. The van der Waals surface area contributed by atoms with Crippen LogP contribution < -0.4 is 11.1 Å². The van der Waals surface area contributed by atoms with E-state index >= 15 is 0 Å². The summed E-state index contributed by atoms with van der Waals surface area (Å²) in [6.45, 7) is 3.92. The zero-order valence-electron chi connectivity index (χ0n) is 11.5. The third-order valence-electron chi connectivity index (χ3n) is 2.96. The van der Waals surface area contributed by atoms with E-state index in [2.05, 4.69) is 10.4 Å². The Kier molecular flexibility index (Phi) is 4.06. The molecule has 0 fully saturated rings. The summed E-state index contributed by atoms with van der Waals surface area (Å²) in [4.78, 5) is 0. The first-order valence-corrected chi connectivity index (χ1v) is 6.29. The number of anilines is 3. The second-order valence-electron chi connectivity index (χ2n) is 4.54. The molecule has 114 valence electrons. The number of rotatable bonds is 4. The standard InChI is InChI=1S/C13H14F4N4/c1-3-4-21-13(11(18)6(2)20-21)19-12-9(16)7(14)5-8(15)10(12)17/h5,19H,3-4,18H2,1-2H3. The van der Waals surface area contributed by atoms with Crippen LogP contribution in [-0.2, 0) is 6.54 Å². The topological polar surface area (TPSA) is 55.9 Å². The lowest BCUT2D eigenvalue weighted by atomic mass is 10.2. The van der Waals surface area contributed by atoms with Crippen molar-refractivity contribution >= 4 is 17.2 Å². The van der Waals surface area contributed by atoms with E-state index in [4.69, 9.17) is 5.73 Å². The van der Waals surface area contributed by atoms with Crippen molar-refractivity contribution in [2.75, 3.05) is 11.1 Å². The van der Waals surface area contributed by atoms with Gasteiger partial charge in [0.15, 0.2) is 29.1 Å². The fourth-order valence-electron chi connectivity index (χ4n) is 1.90. The molecule has 0 aliphatic carbocycles. The first kappa shape index (κ1) is 15.1. The highest BCUT2D eigenvalue weighted by Crippen LogP contribution is 2.31. The Morgan fingerprint density at radius 2 is 1.76 bits per heavy atom. The number of nitrogens with two attached hydrogens (primary N) is 1. The Morgan fingerprint density at radius 3 is 2.29 bits per heavy atom. The maximum Gasteiger partial charge on any atom is 0.185 e. The van der Waals surface area contributed by atoms with Crippen LogP contribution in [0.4, 0.5) is 34.8 Å². The monoisotopic (exact) mass is 302 g/mol. The highest BCUT2D eigenvalue weighted by atomic mass is 19.2. The normalized spacial score (nSPS) is 11.0. The Balaban J connectivity index is 2.53. The zero-order chi connectivity index (χ0) is 15.7. The number of nitrogen functional groups attached to an aromatic ring is 1. The minimum atomic E-state index is -1.52. The van der Waals surface area contributed by atoms with Gasteiger partial charge < -0.3 is 11.1 Å². The van der Waals surface area contributed by atoms with Crippen LogP contribution in [0.5, 0.6) is 0 Å². The molecular weight excluding hydrogens is 288 g/mol. The van der Waals surface area contributed by atoms with Crippen LogP contribution in [0, 0.1) is 30.2 Å². The maximum atomic E-state index is 13.7. The van der Waals surface area contributed by atoms with Gasteiger partial charge in [-0.1, -0.05) is 6.92 Å². The van der Waals surface area contributed by atoms with E-state index in [1.807, 2.05) is 6.92 Å². The van der Waals surface area contributed by atoms with Crippen LogP contribution >= 0.6 is 0 Å². The van der Waals surface area contributed by atoms with Gasteiger partial charge in [-0.25, -0.2) is 22.2 Å². The van der Waals surface area contributed by atoms with Gasteiger partial charge >= 0.3 is 0 Å². The summed E-state index contributed by atoms with van der Waals surface area (Å²) in [5, 5.41) is 6.41. The molecule has 8 heteroatoms. The summed E-state index contributed by atoms with van der Waals surface area (Å²) in [5.74, 6) is -5.93. The van der Waals surface area contributed by atoms with E-state index in [1.54, 1.807) is 6.92 Å². The summed E-state index contributed by atoms with van der Waals surface area (Å²) in [6.07, 6.45) is 0.692. The van der Waals surface area contributed by atoms with Crippen LogP contribution in [0.3, 0.4) is 0 Å². The molecule has 3 N–H and O–H groups in total. The summed E-state index contributed by atoms with van der Waals surface area (Å²) in [6, 6.07) is 0.147. The number of halogens is 4. The number of aryl methyl sites for hydroxylation is 2. The van der Waals surface area contributed by atoms with Gasteiger partial charge in [-0.05, 0) is 13.3 Å². The van der Waals surface area contributed by atoms with E-state index in [1.165, 1.54) is 4.68 Å². The van der Waals surface area contributed by atoms with Gasteiger partial charge in [0, 0.05) is 12.6 Å². The molecule has 1 aromatic carbocycles. The third kappa shape index (κ3) is 2.65. The number of nitrogens with zero attached hydrogens (tertiary/aromatic N) is 2. The smallest absolute Gasteiger partial charge is 0.185 e. The Hall–Kier alpha value is -2.25. The minimum Gasteiger partial charge on any atom is -0.394 e. The predicted octanol–water partition coefficient (Wildman–Crippen LogP) is 3.48. The van der Waals surface area contributed by atoms with Crippen molar-refractivity contribution in [1.82, 2.24) is 9.78 Å². The highest BCUT2D eigenvalue weighted by Gasteiger charge is 2.22. The average Bonchev–Trinajstić information content (AvgIpc) is 2.69. The van der Waals surface area contributed by atoms with Gasteiger partial charge in [0.05, 0.1) is 11.4 Å². The van der Waals surface area contributed by atoms with Crippen LogP contribution in [0.15, 0.2) is 6.07 Å². The van der Waals surface area contributed by atoms with E-state index < -0.39 is 29.0 Å². The lowest BCUT2D eigenvalue weighted by Crippen LogP contribution is -2.09. The Morgan fingerprint density at radius 1 is 1.19 bits per heavy atom. The Bertz CT molecular complexity index is 655. The molecule has 4 nitrogen and oxygen atoms in total. The number of hydrogen-bond donors (Lipinski definition) is 2. The molecule has 0 aliphatic heterocycles. The van der Waals surface area contributed by atoms with E-state index in [9.17, 15) is 17.6 Å². The maximum absolute atomic E-state index is 13.7. The average molecular weight is 302 g/mol. The molecule has 0 amide bonds. The molecule has 21 heavy (non-hydrogen) atoms. The molecule has 0 atom stereocenters. The van der Waals surface area contributed by atoms with Crippen molar-refractivity contribution in [3.63, 3.8) is 0 Å². The SMILES string of the molecule is CCCn1nc(C)c(N)c1Nc1c(F)c(F)cc(F)c1F. The van der Waals surface area contributed by atoms with Crippen molar-refractivity contribution in [2.24, 2.45) is 0 Å². The van der Waals surface area contributed by atoms with E-state index in [0.717, 1.165) is 0 Å². The lowest BCUT2D eigenvalue weighted by molar-refractivity contribution is 0.459. The first-order valence-electron chi connectivity index (χ1n) is 6.29. The molecule has 0 saturated heterocycles. The molecule has 0 aliphatic rings. The third-order valence-corrected chi connectivity index (χ3v) is 2.96. The lowest BCUT2D eigenvalue weighted by Gasteiger charge is -2.12. The van der Waals surface area contributed by atoms with Crippen molar-refractivity contribution in [3.8, 4) is 0 Å². The molecule has 0 spiro atoms. The number of aromatic nitrogens is 2. The van der Waals surface area contributed by atoms with Gasteiger partial charge in [-0.2, -0.15) is 5.10 Å². The van der Waals surface area contributed by atoms with Gasteiger partial charge in [0.1, 0.15) is 5.69 Å². The molecule has 2 aromatic rings. The molecule has 0 unspecified atom stereocenters. The van der Waals surface area contributed by atoms with Crippen LogP contribution in [0.2, 0.25) is 0 Å². The molecule has 0 bridgehead atoms. The fourth-order valence-corrected chi connectivity index (χ4v) is 1.90. The molecular formula is C13H14F4N4. The number of nitrogens with one attached hydrogen (secondary N) is 1. The van der Waals surface area contributed by atoms with Crippen LogP contribution in [0.1, 0.15) is 19.0 Å². The predicted molar refractivity (Wildman–Crippen MR) is 71.2 cm³/mol. The Labute approximate surface area is 118 Å². The van der Waals surface area contributed by atoms with Gasteiger partial charge in [-0.3, -0.25) is 0 Å². The van der Waals surface area contributed by atoms with Gasteiger partial charge in [0.25, 0.3) is 0 Å². The summed E-state index contributed by atoms with van der Waals surface area (Å²) in [5.41, 5.74) is 5.45. The first-order chi connectivity index (χ1) is 9.86. The molecule has 0 radical (unpaired) electrons. The van der Waals surface area contributed by atoms with Crippen molar-refractivity contribution in [2.45, 2.75) is 26.8 Å². The van der Waals surface area contributed by atoms with E-state index in [-0.39, 0.29) is 17.6 Å². The second kappa shape index (κ2) is 5.63. The van der Waals surface area contributed by atoms with E-state index in [0.29, 0.717) is 18.7 Å². The summed E-state index contributed by atoms with van der Waals surface area (Å²) >= 11 is 0. The largest absolute Gasteiger partial charge is 0.394 e. The van der Waals surface area contributed by atoms with Crippen molar-refractivity contribution < 1.29 is 17.6 Å². The van der Waals surface area contributed by atoms with Crippen molar-refractivity contribution in [1.29, 1.82) is 0 Å². The summed E-state index contributed by atoms with van der Waals surface area (Å²) < 4.78 is 55.1. The fraction of sp³-hybridized carbons (Fsp3) is 0.308. The minimum absolute atomic E-state index is 0.0946. The highest BCUT2D eigenvalue weighted by molar-refractivity contribution is 5.71. The molecule has 0 saturated carbocycles. The summed E-state index contributed by atoms with van der Waals surface area (Å²) in [7, 11) is 0.